The largest absolute Gasteiger partial charge is 0.334 e. The van der Waals surface area contributed by atoms with Crippen LogP contribution >= 0.6 is 0 Å². The minimum Gasteiger partial charge on any atom is -0.334 e. The van der Waals surface area contributed by atoms with Crippen LogP contribution in [-0.4, -0.2) is 28.4 Å². The smallest absolute Gasteiger partial charge is 0.272 e. The molecule has 1 aromatic heterocycles. The molecule has 0 atom stereocenters. The predicted octanol–water partition coefficient (Wildman–Crippen LogP) is 2.24. The van der Waals surface area contributed by atoms with Crippen LogP contribution in [0.1, 0.15) is 36.2 Å². The standard InChI is InChI=1S/C13H15FN2O/c14-12-3-1-2-11(15-12)13(17)16(10-6-7-10)8-9-4-5-9/h1-3,9-10H,4-8H2. The van der Waals surface area contributed by atoms with Crippen molar-refractivity contribution in [1.82, 2.24) is 9.88 Å². The van der Waals surface area contributed by atoms with Crippen LogP contribution in [0.3, 0.4) is 0 Å². The van der Waals surface area contributed by atoms with Gasteiger partial charge in [0, 0.05) is 12.6 Å². The zero-order valence-electron chi connectivity index (χ0n) is 9.60. The molecule has 2 aliphatic rings. The van der Waals surface area contributed by atoms with E-state index in [1.807, 2.05) is 4.90 Å². The molecule has 0 spiro atoms. The second kappa shape index (κ2) is 4.09. The first-order chi connectivity index (χ1) is 8.24. The molecule has 0 bridgehead atoms. The Labute approximate surface area is 99.6 Å². The van der Waals surface area contributed by atoms with Gasteiger partial charge in [-0.15, -0.1) is 0 Å². The summed E-state index contributed by atoms with van der Waals surface area (Å²) in [6.07, 6.45) is 4.59. The van der Waals surface area contributed by atoms with Crippen LogP contribution in [0, 0.1) is 11.9 Å². The van der Waals surface area contributed by atoms with E-state index >= 15 is 0 Å². The molecule has 3 rings (SSSR count). The van der Waals surface area contributed by atoms with Gasteiger partial charge in [-0.05, 0) is 43.7 Å². The van der Waals surface area contributed by atoms with Gasteiger partial charge in [0.1, 0.15) is 5.69 Å². The van der Waals surface area contributed by atoms with Crippen molar-refractivity contribution in [1.29, 1.82) is 0 Å². The van der Waals surface area contributed by atoms with E-state index in [1.165, 1.54) is 25.0 Å². The Morgan fingerprint density at radius 2 is 2.12 bits per heavy atom. The molecule has 3 nitrogen and oxygen atoms in total. The number of aromatic nitrogens is 1. The van der Waals surface area contributed by atoms with E-state index in [1.54, 1.807) is 6.07 Å². The van der Waals surface area contributed by atoms with Gasteiger partial charge in [0.15, 0.2) is 0 Å². The Bertz CT molecular complexity index is 441. The van der Waals surface area contributed by atoms with Gasteiger partial charge in [-0.3, -0.25) is 4.79 Å². The Morgan fingerprint density at radius 1 is 1.35 bits per heavy atom. The SMILES string of the molecule is O=C(c1cccc(F)n1)N(CC1CC1)C1CC1. The van der Waals surface area contributed by atoms with Crippen molar-refractivity contribution in [2.45, 2.75) is 31.7 Å². The predicted molar refractivity (Wildman–Crippen MR) is 61.0 cm³/mol. The van der Waals surface area contributed by atoms with Crippen LogP contribution < -0.4 is 0 Å². The van der Waals surface area contributed by atoms with E-state index in [2.05, 4.69) is 4.98 Å². The number of halogens is 1. The van der Waals surface area contributed by atoms with E-state index in [0.29, 0.717) is 12.0 Å². The lowest BCUT2D eigenvalue weighted by atomic mass is 10.2. The third-order valence-corrected chi connectivity index (χ3v) is 3.33. The molecule has 17 heavy (non-hydrogen) atoms. The molecule has 0 aliphatic heterocycles. The summed E-state index contributed by atoms with van der Waals surface area (Å²) < 4.78 is 13.0. The summed E-state index contributed by atoms with van der Waals surface area (Å²) in [6, 6.07) is 4.76. The number of nitrogens with zero attached hydrogens (tertiary/aromatic N) is 2. The molecular formula is C13H15FN2O. The average Bonchev–Trinajstić information content (AvgIpc) is 3.16. The van der Waals surface area contributed by atoms with Crippen molar-refractivity contribution in [3.8, 4) is 0 Å². The van der Waals surface area contributed by atoms with Gasteiger partial charge in [0.2, 0.25) is 5.95 Å². The summed E-state index contributed by atoms with van der Waals surface area (Å²) >= 11 is 0. The van der Waals surface area contributed by atoms with Crippen LogP contribution in [-0.2, 0) is 0 Å². The van der Waals surface area contributed by atoms with Gasteiger partial charge in [-0.25, -0.2) is 4.98 Å². The number of hydrogen-bond acceptors (Lipinski definition) is 2. The van der Waals surface area contributed by atoms with Crippen molar-refractivity contribution in [3.63, 3.8) is 0 Å². The maximum Gasteiger partial charge on any atom is 0.272 e. The highest BCUT2D eigenvalue weighted by atomic mass is 19.1. The lowest BCUT2D eigenvalue weighted by Crippen LogP contribution is -2.35. The number of rotatable bonds is 4. The molecule has 0 unspecified atom stereocenters. The molecule has 1 heterocycles. The summed E-state index contributed by atoms with van der Waals surface area (Å²) in [6.45, 7) is 0.821. The maximum atomic E-state index is 13.0. The highest BCUT2D eigenvalue weighted by Crippen LogP contribution is 2.35. The topological polar surface area (TPSA) is 33.2 Å². The Hall–Kier alpha value is -1.45. The van der Waals surface area contributed by atoms with Crippen LogP contribution in [0.15, 0.2) is 18.2 Å². The third kappa shape index (κ3) is 2.46. The Balaban J connectivity index is 1.77. The minimum atomic E-state index is -0.585. The fourth-order valence-electron chi connectivity index (χ4n) is 2.04. The van der Waals surface area contributed by atoms with Crippen LogP contribution in [0.2, 0.25) is 0 Å². The number of hydrogen-bond donors (Lipinski definition) is 0. The quantitative estimate of drug-likeness (QED) is 0.748. The van der Waals surface area contributed by atoms with E-state index in [4.69, 9.17) is 0 Å². The summed E-state index contributed by atoms with van der Waals surface area (Å²) in [4.78, 5) is 17.8. The van der Waals surface area contributed by atoms with E-state index in [0.717, 1.165) is 19.4 Å². The lowest BCUT2D eigenvalue weighted by Gasteiger charge is -2.21. The molecule has 1 amide bonds. The highest BCUT2D eigenvalue weighted by Gasteiger charge is 2.37. The molecule has 4 heteroatoms. The van der Waals surface area contributed by atoms with Crippen molar-refractivity contribution in [2.75, 3.05) is 6.54 Å². The number of pyridine rings is 1. The van der Waals surface area contributed by atoms with Crippen molar-refractivity contribution in [3.05, 3.63) is 29.8 Å². The Morgan fingerprint density at radius 3 is 2.71 bits per heavy atom. The van der Waals surface area contributed by atoms with Crippen LogP contribution in [0.25, 0.3) is 0 Å². The van der Waals surface area contributed by atoms with Gasteiger partial charge in [0.05, 0.1) is 0 Å². The minimum absolute atomic E-state index is 0.112. The second-order valence-corrected chi connectivity index (χ2v) is 4.98. The van der Waals surface area contributed by atoms with Crippen LogP contribution in [0.5, 0.6) is 0 Å². The molecule has 2 saturated carbocycles. The van der Waals surface area contributed by atoms with Gasteiger partial charge in [0.25, 0.3) is 5.91 Å². The van der Waals surface area contributed by atoms with Crippen molar-refractivity contribution < 1.29 is 9.18 Å². The summed E-state index contributed by atoms with van der Waals surface area (Å²) in [5.74, 6) is -0.0370. The normalized spacial score (nSPS) is 19.1. The number of carbonyl (C=O) groups is 1. The van der Waals surface area contributed by atoms with E-state index in [9.17, 15) is 9.18 Å². The maximum absolute atomic E-state index is 13.0. The molecule has 0 aromatic carbocycles. The molecule has 0 radical (unpaired) electrons. The average molecular weight is 234 g/mol. The van der Waals surface area contributed by atoms with Crippen LogP contribution in [0.4, 0.5) is 4.39 Å². The first-order valence-corrected chi connectivity index (χ1v) is 6.17. The lowest BCUT2D eigenvalue weighted by molar-refractivity contribution is 0.0727. The van der Waals surface area contributed by atoms with E-state index in [-0.39, 0.29) is 11.6 Å². The van der Waals surface area contributed by atoms with Crippen molar-refractivity contribution in [2.24, 2.45) is 5.92 Å². The van der Waals surface area contributed by atoms with Gasteiger partial charge >= 0.3 is 0 Å². The van der Waals surface area contributed by atoms with Gasteiger partial charge in [-0.1, -0.05) is 6.07 Å². The zero-order valence-corrected chi connectivity index (χ0v) is 9.60. The molecule has 1 aromatic rings. The molecule has 90 valence electrons. The molecule has 0 N–H and O–H groups in total. The van der Waals surface area contributed by atoms with E-state index < -0.39 is 5.95 Å². The highest BCUT2D eigenvalue weighted by molar-refractivity contribution is 5.92. The summed E-state index contributed by atoms with van der Waals surface area (Å²) in [7, 11) is 0. The second-order valence-electron chi connectivity index (χ2n) is 4.98. The molecular weight excluding hydrogens is 219 g/mol. The summed E-state index contributed by atoms with van der Waals surface area (Å²) in [5.41, 5.74) is 0.234. The molecule has 0 saturated heterocycles. The first-order valence-electron chi connectivity index (χ1n) is 6.17. The van der Waals surface area contributed by atoms with Crippen molar-refractivity contribution >= 4 is 5.91 Å². The monoisotopic (exact) mass is 234 g/mol. The molecule has 2 fully saturated rings. The van der Waals surface area contributed by atoms with Gasteiger partial charge < -0.3 is 4.90 Å². The summed E-state index contributed by atoms with van der Waals surface area (Å²) in [5, 5.41) is 0. The fourth-order valence-corrected chi connectivity index (χ4v) is 2.04. The first kappa shape index (κ1) is 10.7. The zero-order chi connectivity index (χ0) is 11.8. The Kier molecular flexibility index (Phi) is 2.57. The number of amides is 1. The molecule has 2 aliphatic carbocycles. The van der Waals surface area contributed by atoms with Gasteiger partial charge in [-0.2, -0.15) is 4.39 Å². The third-order valence-electron chi connectivity index (χ3n) is 3.33. The number of carbonyl (C=O) groups excluding carboxylic acids is 1. The fraction of sp³-hybridized carbons (Fsp3) is 0.538.